The van der Waals surface area contributed by atoms with Crippen LogP contribution in [-0.2, 0) is 0 Å². The molecule has 0 spiro atoms. The molecule has 0 N–H and O–H groups in total. The van der Waals surface area contributed by atoms with Crippen LogP contribution in [0.15, 0.2) is 0 Å². The Kier molecular flexibility index (Phi) is 6.51. The van der Waals surface area contributed by atoms with E-state index < -0.39 is 19.6 Å². The van der Waals surface area contributed by atoms with E-state index in [9.17, 15) is 0 Å². The molecule has 0 aromatic carbocycles. The minimum absolute atomic E-state index is 0.851. The van der Waals surface area contributed by atoms with Crippen molar-refractivity contribution in [2.24, 2.45) is 0 Å². The Morgan fingerprint density at radius 1 is 1.12 bits per heavy atom. The van der Waals surface area contributed by atoms with Crippen molar-refractivity contribution in [3.05, 3.63) is 0 Å². The fraction of sp³-hybridized carbons (Fsp3) is 1.00. The molecule has 0 aromatic rings. The molecule has 0 fully saturated rings. The summed E-state index contributed by atoms with van der Waals surface area (Å²) in [6, 6.07) is 0. The molecule has 0 atom stereocenters. The van der Waals surface area contributed by atoms with Crippen LogP contribution in [0, 0.1) is 0 Å². The second-order valence-corrected chi connectivity index (χ2v) is 6.87. The molecule has 0 unspecified atom stereocenters. The van der Waals surface area contributed by atoms with E-state index in [4.69, 9.17) is 5.70 Å². The van der Waals surface area contributed by atoms with Gasteiger partial charge in [0.15, 0.2) is 0 Å². The van der Waals surface area contributed by atoms with Crippen LogP contribution in [0.25, 0.3) is 0 Å². The van der Waals surface area contributed by atoms with Crippen molar-refractivity contribution in [1.29, 1.82) is 0 Å². The molecule has 0 aliphatic heterocycles. The minimum atomic E-state index is -0.851. The van der Waals surface area contributed by atoms with Crippen LogP contribution < -0.4 is 0 Å². The van der Waals surface area contributed by atoms with Crippen molar-refractivity contribution < 1.29 is 0 Å². The normalized spacial score (nSPS) is 11.5. The van der Waals surface area contributed by atoms with Gasteiger partial charge in [-0.3, -0.25) is 0 Å². The molecule has 0 saturated heterocycles. The molecule has 0 bridgehead atoms. The van der Waals surface area contributed by atoms with Crippen LogP contribution in [-0.4, -0.2) is 14.6 Å². The van der Waals surface area contributed by atoms with E-state index in [0.29, 0.717) is 0 Å². The van der Waals surface area contributed by atoms with Crippen molar-refractivity contribution in [3.63, 3.8) is 0 Å². The summed E-state index contributed by atoms with van der Waals surface area (Å²) in [5, 5.41) is 0. The van der Waals surface area contributed by atoms with Gasteiger partial charge in [0.1, 0.15) is 0 Å². The maximum atomic E-state index is 5.85. The van der Waals surface area contributed by atoms with Gasteiger partial charge in [0.2, 0.25) is 0 Å². The summed E-state index contributed by atoms with van der Waals surface area (Å²) in [4.78, 5) is 0. The van der Waals surface area contributed by atoms with Gasteiger partial charge >= 0.3 is 60.8 Å². The first kappa shape index (κ1) is 8.79. The van der Waals surface area contributed by atoms with Crippen molar-refractivity contribution >= 4 is 25.3 Å². The number of hydrogen-bond acceptors (Lipinski definition) is 0. The Bertz CT molecular complexity index is 41.8. The zero-order valence-corrected chi connectivity index (χ0v) is 7.94. The van der Waals surface area contributed by atoms with E-state index in [0.717, 1.165) is 0 Å². The number of alkyl halides is 2. The molecule has 2 radical (unpaired) electrons. The SMILES string of the molecule is [B]I(CCC)CCC. The van der Waals surface area contributed by atoms with E-state index in [-0.39, 0.29) is 0 Å². The summed E-state index contributed by atoms with van der Waals surface area (Å²) in [6.07, 6.45) is 2.59. The Labute approximate surface area is 61.0 Å². The summed E-state index contributed by atoms with van der Waals surface area (Å²) in [6.45, 7) is 4.43. The molecule has 0 saturated carbocycles. The van der Waals surface area contributed by atoms with Crippen molar-refractivity contribution in [3.8, 4) is 0 Å². The summed E-state index contributed by atoms with van der Waals surface area (Å²) in [5.74, 6) is 0. The number of hydrogen-bond donors (Lipinski definition) is 0. The first-order valence-corrected chi connectivity index (χ1v) is 7.46. The molecule has 0 heterocycles. The van der Waals surface area contributed by atoms with Crippen molar-refractivity contribution in [2.75, 3.05) is 8.86 Å². The van der Waals surface area contributed by atoms with Gasteiger partial charge in [0.05, 0.1) is 0 Å². The van der Waals surface area contributed by atoms with Gasteiger partial charge in [0, 0.05) is 0 Å². The maximum absolute atomic E-state index is 5.85. The molecule has 0 aliphatic carbocycles. The molecule has 0 aliphatic rings. The number of rotatable bonds is 4. The van der Waals surface area contributed by atoms with Gasteiger partial charge in [-0.05, 0) is 0 Å². The third kappa shape index (κ3) is 4.94. The number of halogens is 1. The molecule has 48 valence electrons. The molecule has 0 nitrogen and oxygen atoms in total. The van der Waals surface area contributed by atoms with Crippen molar-refractivity contribution in [2.45, 2.75) is 26.7 Å². The average molecular weight is 224 g/mol. The van der Waals surface area contributed by atoms with Crippen LogP contribution in [0.1, 0.15) is 26.7 Å². The predicted molar refractivity (Wildman–Crippen MR) is 50.1 cm³/mol. The van der Waals surface area contributed by atoms with Gasteiger partial charge < -0.3 is 0 Å². The van der Waals surface area contributed by atoms with Crippen LogP contribution in [0.5, 0.6) is 0 Å². The van der Waals surface area contributed by atoms with Gasteiger partial charge in [0.25, 0.3) is 0 Å². The van der Waals surface area contributed by atoms with E-state index in [2.05, 4.69) is 13.8 Å². The Morgan fingerprint density at radius 2 is 1.50 bits per heavy atom. The Hall–Kier alpha value is 0.795. The van der Waals surface area contributed by atoms with Gasteiger partial charge in [-0.25, -0.2) is 0 Å². The molecular weight excluding hydrogens is 210 g/mol. The zero-order chi connectivity index (χ0) is 6.41. The summed E-state index contributed by atoms with van der Waals surface area (Å²) in [7, 11) is 0. The van der Waals surface area contributed by atoms with Crippen LogP contribution in [0.2, 0.25) is 0 Å². The molecule has 2 heteroatoms. The van der Waals surface area contributed by atoms with Gasteiger partial charge in [-0.2, -0.15) is 0 Å². The second-order valence-electron chi connectivity index (χ2n) is 1.88. The van der Waals surface area contributed by atoms with Crippen molar-refractivity contribution in [1.82, 2.24) is 0 Å². The molecule has 0 rings (SSSR count). The third-order valence-electron chi connectivity index (χ3n) is 0.863. The average Bonchev–Trinajstić information content (AvgIpc) is 1.68. The third-order valence-corrected chi connectivity index (χ3v) is 5.79. The zero-order valence-electron chi connectivity index (χ0n) is 5.78. The van der Waals surface area contributed by atoms with Crippen LogP contribution in [0.4, 0.5) is 0 Å². The van der Waals surface area contributed by atoms with E-state index in [1.54, 1.807) is 0 Å². The van der Waals surface area contributed by atoms with Crippen LogP contribution >= 0.6 is 19.6 Å². The van der Waals surface area contributed by atoms with Crippen LogP contribution in [0.3, 0.4) is 0 Å². The first-order chi connectivity index (χ1) is 3.81. The summed E-state index contributed by atoms with van der Waals surface area (Å²) < 4.78 is 2.69. The van der Waals surface area contributed by atoms with E-state index in [1.165, 1.54) is 21.7 Å². The van der Waals surface area contributed by atoms with Gasteiger partial charge in [-0.1, -0.05) is 0 Å². The Morgan fingerprint density at radius 3 is 1.75 bits per heavy atom. The fourth-order valence-corrected chi connectivity index (χ4v) is 3.89. The second kappa shape index (κ2) is 5.92. The Balaban J connectivity index is 2.92. The van der Waals surface area contributed by atoms with E-state index >= 15 is 0 Å². The predicted octanol–water partition coefficient (Wildman–Crippen LogP) is 2.40. The standard InChI is InChI=1S/C6H14BI/c1-3-5-8(7)6-4-2/h3-6H2,1-2H3. The fourth-order valence-electron chi connectivity index (χ4n) is 0.580. The summed E-state index contributed by atoms with van der Waals surface area (Å²) >= 11 is -0.851. The quantitative estimate of drug-likeness (QED) is 0.390. The summed E-state index contributed by atoms with van der Waals surface area (Å²) in [5.41, 5.74) is 5.85. The molecular formula is C6H14BI. The molecule has 0 amide bonds. The first-order valence-electron chi connectivity index (χ1n) is 3.17. The monoisotopic (exact) mass is 224 g/mol. The molecule has 8 heavy (non-hydrogen) atoms. The molecule has 0 aromatic heterocycles. The topological polar surface area (TPSA) is 0 Å². The van der Waals surface area contributed by atoms with Gasteiger partial charge in [-0.15, -0.1) is 0 Å². The van der Waals surface area contributed by atoms with E-state index in [1.807, 2.05) is 0 Å².